The third-order valence-corrected chi connectivity index (χ3v) is 3.70. The van der Waals surface area contributed by atoms with E-state index in [-0.39, 0.29) is 6.04 Å². The molecule has 0 aliphatic rings. The minimum atomic E-state index is -0.279. The van der Waals surface area contributed by atoms with E-state index in [1.165, 1.54) is 0 Å². The Balaban J connectivity index is 2.31. The predicted octanol–water partition coefficient (Wildman–Crippen LogP) is 2.35. The lowest BCUT2D eigenvalue weighted by molar-refractivity contribution is 0.182. The maximum atomic E-state index is 6.37. The maximum absolute atomic E-state index is 6.37. The molecule has 1 heterocycles. The first kappa shape index (κ1) is 15.0. The number of nitrogens with two attached hydrogens (primary N) is 1. The summed E-state index contributed by atoms with van der Waals surface area (Å²) in [6.07, 6.45) is 1.75. The molecule has 1 aromatic heterocycles. The van der Waals surface area contributed by atoms with Crippen molar-refractivity contribution in [2.75, 3.05) is 20.8 Å². The molecule has 1 unspecified atom stereocenters. The molecule has 1 aromatic carbocycles. The second-order valence-corrected chi connectivity index (χ2v) is 5.20. The number of nitrogens with zero attached hydrogens (tertiary/aromatic N) is 2. The van der Waals surface area contributed by atoms with Gasteiger partial charge in [-0.3, -0.25) is 4.68 Å². The van der Waals surface area contributed by atoms with Crippen molar-refractivity contribution in [3.63, 3.8) is 0 Å². The van der Waals surface area contributed by atoms with Crippen LogP contribution >= 0.6 is 15.9 Å². The summed E-state index contributed by atoms with van der Waals surface area (Å²) in [4.78, 5) is 0. The Morgan fingerprint density at radius 1 is 1.40 bits per heavy atom. The highest BCUT2D eigenvalue weighted by molar-refractivity contribution is 9.10. The second kappa shape index (κ2) is 6.88. The third kappa shape index (κ3) is 3.20. The van der Waals surface area contributed by atoms with Crippen LogP contribution in [-0.4, -0.2) is 30.6 Å². The molecule has 0 spiro atoms. The molecular formula is C14H18BrN3O2. The zero-order valence-corrected chi connectivity index (χ0v) is 13.1. The molecule has 0 aliphatic heterocycles. The van der Waals surface area contributed by atoms with Crippen LogP contribution in [0, 0.1) is 0 Å². The summed E-state index contributed by atoms with van der Waals surface area (Å²) in [6.45, 7) is 1.25. The summed E-state index contributed by atoms with van der Waals surface area (Å²) in [5, 5.41) is 4.32. The van der Waals surface area contributed by atoms with E-state index in [9.17, 15) is 0 Å². The van der Waals surface area contributed by atoms with Crippen molar-refractivity contribution in [2.24, 2.45) is 5.73 Å². The Morgan fingerprint density at radius 2 is 2.20 bits per heavy atom. The van der Waals surface area contributed by atoms with Gasteiger partial charge in [0.2, 0.25) is 0 Å². The smallest absolute Gasteiger partial charge is 0.119 e. The van der Waals surface area contributed by atoms with Crippen LogP contribution < -0.4 is 10.5 Å². The Bertz CT molecular complexity index is 571. The fourth-order valence-electron chi connectivity index (χ4n) is 2.03. The van der Waals surface area contributed by atoms with Crippen molar-refractivity contribution in [1.29, 1.82) is 0 Å². The Kier molecular flexibility index (Phi) is 5.17. The van der Waals surface area contributed by atoms with Gasteiger partial charge in [0.25, 0.3) is 0 Å². The lowest BCUT2D eigenvalue weighted by Crippen LogP contribution is -2.19. The number of rotatable bonds is 6. The van der Waals surface area contributed by atoms with Gasteiger partial charge < -0.3 is 15.2 Å². The van der Waals surface area contributed by atoms with Crippen molar-refractivity contribution >= 4 is 15.9 Å². The molecule has 2 aromatic rings. The molecule has 0 radical (unpaired) electrons. The minimum Gasteiger partial charge on any atom is -0.497 e. The molecule has 0 aliphatic carbocycles. The summed E-state index contributed by atoms with van der Waals surface area (Å²) < 4.78 is 13.1. The summed E-state index contributed by atoms with van der Waals surface area (Å²) >= 11 is 3.51. The quantitative estimate of drug-likeness (QED) is 0.877. The van der Waals surface area contributed by atoms with Gasteiger partial charge in [-0.25, -0.2) is 0 Å². The van der Waals surface area contributed by atoms with Gasteiger partial charge in [-0.2, -0.15) is 5.10 Å². The molecule has 5 nitrogen and oxygen atoms in total. The highest BCUT2D eigenvalue weighted by Gasteiger charge is 2.18. The summed E-state index contributed by atoms with van der Waals surface area (Å²) in [5.41, 5.74) is 8.27. The minimum absolute atomic E-state index is 0.279. The number of aromatic nitrogens is 2. The van der Waals surface area contributed by atoms with Crippen LogP contribution in [0.5, 0.6) is 5.75 Å². The number of benzene rings is 1. The van der Waals surface area contributed by atoms with E-state index < -0.39 is 0 Å². The third-order valence-electron chi connectivity index (χ3n) is 3.09. The Labute approximate surface area is 126 Å². The first-order valence-electron chi connectivity index (χ1n) is 6.27. The Morgan fingerprint density at radius 3 is 2.90 bits per heavy atom. The molecule has 0 saturated heterocycles. The van der Waals surface area contributed by atoms with Gasteiger partial charge in [-0.1, -0.05) is 12.1 Å². The number of hydrogen-bond donors (Lipinski definition) is 1. The van der Waals surface area contributed by atoms with Gasteiger partial charge in [0.1, 0.15) is 5.75 Å². The molecule has 0 saturated carbocycles. The lowest BCUT2D eigenvalue weighted by Gasteiger charge is -2.16. The number of methoxy groups -OCH3 is 2. The van der Waals surface area contributed by atoms with Crippen molar-refractivity contribution in [3.8, 4) is 5.75 Å². The molecule has 0 amide bonds. The second-order valence-electron chi connectivity index (χ2n) is 4.35. The SMILES string of the molecule is COCCn1ncc(Br)c1C(N)c1cccc(OC)c1. The van der Waals surface area contributed by atoms with E-state index >= 15 is 0 Å². The van der Waals surface area contributed by atoms with Crippen LogP contribution in [0.25, 0.3) is 0 Å². The van der Waals surface area contributed by atoms with Crippen LogP contribution in [0.4, 0.5) is 0 Å². The molecule has 1 atom stereocenters. The average Bonchev–Trinajstić information content (AvgIpc) is 2.85. The van der Waals surface area contributed by atoms with Crippen LogP contribution in [0.2, 0.25) is 0 Å². The van der Waals surface area contributed by atoms with E-state index in [1.54, 1.807) is 20.4 Å². The lowest BCUT2D eigenvalue weighted by atomic mass is 10.0. The topological polar surface area (TPSA) is 62.3 Å². The van der Waals surface area contributed by atoms with E-state index in [0.717, 1.165) is 21.5 Å². The molecular weight excluding hydrogens is 322 g/mol. The van der Waals surface area contributed by atoms with E-state index in [0.29, 0.717) is 13.2 Å². The van der Waals surface area contributed by atoms with Gasteiger partial charge in [-0.05, 0) is 33.6 Å². The maximum Gasteiger partial charge on any atom is 0.119 e. The van der Waals surface area contributed by atoms with Crippen LogP contribution in [0.1, 0.15) is 17.3 Å². The first-order valence-corrected chi connectivity index (χ1v) is 7.06. The number of halogens is 1. The van der Waals surface area contributed by atoms with Gasteiger partial charge in [0.15, 0.2) is 0 Å². The molecule has 20 heavy (non-hydrogen) atoms. The zero-order chi connectivity index (χ0) is 14.5. The van der Waals surface area contributed by atoms with Crippen LogP contribution in [-0.2, 0) is 11.3 Å². The summed E-state index contributed by atoms with van der Waals surface area (Å²) in [6, 6.07) is 7.46. The van der Waals surface area contributed by atoms with Crippen molar-refractivity contribution < 1.29 is 9.47 Å². The number of ether oxygens (including phenoxy) is 2. The normalized spacial score (nSPS) is 12.4. The van der Waals surface area contributed by atoms with Crippen molar-refractivity contribution in [1.82, 2.24) is 9.78 Å². The van der Waals surface area contributed by atoms with Gasteiger partial charge in [0.05, 0.1) is 42.7 Å². The zero-order valence-electron chi connectivity index (χ0n) is 11.5. The average molecular weight is 340 g/mol. The monoisotopic (exact) mass is 339 g/mol. The highest BCUT2D eigenvalue weighted by atomic mass is 79.9. The summed E-state index contributed by atoms with van der Waals surface area (Å²) in [5.74, 6) is 0.789. The molecule has 6 heteroatoms. The van der Waals surface area contributed by atoms with Gasteiger partial charge >= 0.3 is 0 Å². The first-order chi connectivity index (χ1) is 9.67. The summed E-state index contributed by atoms with van der Waals surface area (Å²) in [7, 11) is 3.31. The van der Waals surface area contributed by atoms with Crippen LogP contribution in [0.15, 0.2) is 34.9 Å². The fourth-order valence-corrected chi connectivity index (χ4v) is 2.57. The molecule has 2 rings (SSSR count). The van der Waals surface area contributed by atoms with Crippen LogP contribution in [0.3, 0.4) is 0 Å². The molecule has 0 bridgehead atoms. The van der Waals surface area contributed by atoms with Gasteiger partial charge in [0, 0.05) is 7.11 Å². The molecule has 2 N–H and O–H groups in total. The van der Waals surface area contributed by atoms with Gasteiger partial charge in [-0.15, -0.1) is 0 Å². The van der Waals surface area contributed by atoms with Crippen molar-refractivity contribution in [3.05, 3.63) is 46.2 Å². The number of hydrogen-bond acceptors (Lipinski definition) is 4. The largest absolute Gasteiger partial charge is 0.497 e. The highest BCUT2D eigenvalue weighted by Crippen LogP contribution is 2.28. The predicted molar refractivity (Wildman–Crippen MR) is 80.8 cm³/mol. The molecule has 0 fully saturated rings. The standard InChI is InChI=1S/C14H18BrN3O2/c1-19-7-6-18-14(12(15)9-17-18)13(16)10-4-3-5-11(8-10)20-2/h3-5,8-9,13H,6-7,16H2,1-2H3. The van der Waals surface area contributed by atoms with Crippen molar-refractivity contribution in [2.45, 2.75) is 12.6 Å². The van der Waals surface area contributed by atoms with E-state index in [4.69, 9.17) is 15.2 Å². The fraction of sp³-hybridized carbons (Fsp3) is 0.357. The molecule has 108 valence electrons. The van der Waals surface area contributed by atoms with E-state index in [1.807, 2.05) is 28.9 Å². The van der Waals surface area contributed by atoms with E-state index in [2.05, 4.69) is 21.0 Å². The Hall–Kier alpha value is -1.37.